The highest BCUT2D eigenvalue weighted by atomic mass is 79.9. The first-order chi connectivity index (χ1) is 8.11. The van der Waals surface area contributed by atoms with E-state index in [-0.39, 0.29) is 5.56 Å². The van der Waals surface area contributed by atoms with E-state index >= 15 is 0 Å². The van der Waals surface area contributed by atoms with Crippen LogP contribution in [0.5, 0.6) is 0 Å². The maximum Gasteiger partial charge on any atom is 0.131 e. The SMILES string of the molecule is NC(c1ccccc1Br)c1c(F)cccc1F. The molecule has 0 saturated carbocycles. The molecule has 0 aromatic heterocycles. The quantitative estimate of drug-likeness (QED) is 0.897. The maximum atomic E-state index is 13.6. The fourth-order valence-corrected chi connectivity index (χ4v) is 2.22. The van der Waals surface area contributed by atoms with Gasteiger partial charge in [0.05, 0.1) is 6.04 Å². The monoisotopic (exact) mass is 297 g/mol. The molecule has 2 rings (SSSR count). The van der Waals surface area contributed by atoms with Crippen LogP contribution in [-0.2, 0) is 0 Å². The highest BCUT2D eigenvalue weighted by Gasteiger charge is 2.19. The van der Waals surface area contributed by atoms with Gasteiger partial charge in [-0.3, -0.25) is 0 Å². The fourth-order valence-electron chi connectivity index (χ4n) is 1.69. The zero-order chi connectivity index (χ0) is 12.4. The van der Waals surface area contributed by atoms with E-state index in [1.54, 1.807) is 18.2 Å². The molecule has 0 radical (unpaired) electrons. The van der Waals surface area contributed by atoms with Crippen LogP contribution < -0.4 is 5.73 Å². The molecule has 0 aliphatic rings. The van der Waals surface area contributed by atoms with Crippen LogP contribution in [0.25, 0.3) is 0 Å². The van der Waals surface area contributed by atoms with Crippen molar-refractivity contribution in [2.75, 3.05) is 0 Å². The molecule has 88 valence electrons. The first-order valence-electron chi connectivity index (χ1n) is 5.05. The number of hydrogen-bond donors (Lipinski definition) is 1. The van der Waals surface area contributed by atoms with Crippen molar-refractivity contribution in [3.05, 3.63) is 69.7 Å². The van der Waals surface area contributed by atoms with Crippen molar-refractivity contribution in [2.45, 2.75) is 6.04 Å². The van der Waals surface area contributed by atoms with Crippen LogP contribution in [0.2, 0.25) is 0 Å². The van der Waals surface area contributed by atoms with Gasteiger partial charge in [0.15, 0.2) is 0 Å². The van der Waals surface area contributed by atoms with E-state index in [9.17, 15) is 8.78 Å². The van der Waals surface area contributed by atoms with E-state index in [2.05, 4.69) is 15.9 Å². The van der Waals surface area contributed by atoms with Crippen LogP contribution in [0.4, 0.5) is 8.78 Å². The minimum absolute atomic E-state index is 0.112. The zero-order valence-corrected chi connectivity index (χ0v) is 10.4. The summed E-state index contributed by atoms with van der Waals surface area (Å²) in [6.07, 6.45) is 0. The lowest BCUT2D eigenvalue weighted by Crippen LogP contribution is -2.16. The predicted octanol–water partition coefficient (Wildman–Crippen LogP) is 3.78. The Bertz CT molecular complexity index is 522. The molecule has 0 aliphatic heterocycles. The lowest BCUT2D eigenvalue weighted by atomic mass is 9.99. The predicted molar refractivity (Wildman–Crippen MR) is 66.5 cm³/mol. The standard InChI is InChI=1S/C13H10BrF2N/c14-9-5-2-1-4-8(9)13(17)12-10(15)6-3-7-11(12)16/h1-7,13H,17H2. The Balaban J connectivity index is 2.51. The largest absolute Gasteiger partial charge is 0.320 e. The number of benzene rings is 2. The molecule has 0 amide bonds. The Morgan fingerprint density at radius 1 is 0.941 bits per heavy atom. The van der Waals surface area contributed by atoms with Gasteiger partial charge in [0.1, 0.15) is 11.6 Å². The van der Waals surface area contributed by atoms with E-state index in [1.165, 1.54) is 18.2 Å². The first-order valence-corrected chi connectivity index (χ1v) is 5.84. The zero-order valence-electron chi connectivity index (χ0n) is 8.83. The third kappa shape index (κ3) is 2.37. The molecule has 0 aliphatic carbocycles. The third-order valence-electron chi connectivity index (χ3n) is 2.55. The second kappa shape index (κ2) is 4.94. The Hall–Kier alpha value is -1.26. The van der Waals surface area contributed by atoms with E-state index in [0.717, 1.165) is 4.47 Å². The van der Waals surface area contributed by atoms with Crippen molar-refractivity contribution in [1.82, 2.24) is 0 Å². The van der Waals surface area contributed by atoms with Gasteiger partial charge in [-0.05, 0) is 23.8 Å². The van der Waals surface area contributed by atoms with Crippen LogP contribution in [0, 0.1) is 11.6 Å². The van der Waals surface area contributed by atoms with Gasteiger partial charge in [0, 0.05) is 10.0 Å². The summed E-state index contributed by atoms with van der Waals surface area (Å²) in [7, 11) is 0. The summed E-state index contributed by atoms with van der Waals surface area (Å²) in [5.41, 5.74) is 6.45. The Morgan fingerprint density at radius 2 is 1.53 bits per heavy atom. The van der Waals surface area contributed by atoms with Crippen molar-refractivity contribution in [2.24, 2.45) is 5.73 Å². The molecule has 4 heteroatoms. The topological polar surface area (TPSA) is 26.0 Å². The normalized spacial score (nSPS) is 12.5. The molecule has 2 N–H and O–H groups in total. The van der Waals surface area contributed by atoms with Crippen molar-refractivity contribution in [3.63, 3.8) is 0 Å². The van der Waals surface area contributed by atoms with E-state index in [1.807, 2.05) is 6.07 Å². The van der Waals surface area contributed by atoms with Gasteiger partial charge in [0.2, 0.25) is 0 Å². The molecule has 0 bridgehead atoms. The van der Waals surface area contributed by atoms with E-state index < -0.39 is 17.7 Å². The summed E-state index contributed by atoms with van der Waals surface area (Å²) in [6, 6.07) is 10.0. The van der Waals surface area contributed by atoms with Crippen molar-refractivity contribution >= 4 is 15.9 Å². The van der Waals surface area contributed by atoms with Crippen LogP contribution in [-0.4, -0.2) is 0 Å². The highest BCUT2D eigenvalue weighted by Crippen LogP contribution is 2.29. The van der Waals surface area contributed by atoms with Crippen LogP contribution in [0.3, 0.4) is 0 Å². The minimum Gasteiger partial charge on any atom is -0.320 e. The molecule has 0 spiro atoms. The number of halogens is 3. The molecule has 1 unspecified atom stereocenters. The fraction of sp³-hybridized carbons (Fsp3) is 0.0769. The molecule has 17 heavy (non-hydrogen) atoms. The molecule has 2 aromatic carbocycles. The lowest BCUT2D eigenvalue weighted by Gasteiger charge is -2.15. The average molecular weight is 298 g/mol. The minimum atomic E-state index is -0.827. The average Bonchev–Trinajstić information content (AvgIpc) is 2.29. The summed E-state index contributed by atoms with van der Waals surface area (Å²) in [4.78, 5) is 0. The smallest absolute Gasteiger partial charge is 0.131 e. The van der Waals surface area contributed by atoms with Crippen molar-refractivity contribution < 1.29 is 8.78 Å². The van der Waals surface area contributed by atoms with Crippen molar-refractivity contribution in [1.29, 1.82) is 0 Å². The van der Waals surface area contributed by atoms with Crippen LogP contribution in [0.15, 0.2) is 46.9 Å². The first kappa shape index (κ1) is 12.2. The van der Waals surface area contributed by atoms with Gasteiger partial charge < -0.3 is 5.73 Å². The van der Waals surface area contributed by atoms with Gasteiger partial charge in [-0.15, -0.1) is 0 Å². The Labute approximate surface area is 106 Å². The van der Waals surface area contributed by atoms with Crippen LogP contribution in [0.1, 0.15) is 17.2 Å². The summed E-state index contributed by atoms with van der Waals surface area (Å²) >= 11 is 3.32. The molecule has 0 fully saturated rings. The van der Waals surface area contributed by atoms with E-state index in [4.69, 9.17) is 5.73 Å². The van der Waals surface area contributed by atoms with Gasteiger partial charge >= 0.3 is 0 Å². The third-order valence-corrected chi connectivity index (χ3v) is 3.27. The highest BCUT2D eigenvalue weighted by molar-refractivity contribution is 9.10. The molecular weight excluding hydrogens is 288 g/mol. The maximum absolute atomic E-state index is 13.6. The Kier molecular flexibility index (Phi) is 3.54. The van der Waals surface area contributed by atoms with Gasteiger partial charge in [-0.25, -0.2) is 8.78 Å². The molecular formula is C13H10BrF2N. The molecule has 2 aromatic rings. The molecule has 1 atom stereocenters. The lowest BCUT2D eigenvalue weighted by molar-refractivity contribution is 0.543. The summed E-state index contributed by atoms with van der Waals surface area (Å²) in [5.74, 6) is -1.26. The number of rotatable bonds is 2. The van der Waals surface area contributed by atoms with Crippen LogP contribution >= 0.6 is 15.9 Å². The second-order valence-corrected chi connectivity index (χ2v) is 4.49. The summed E-state index contributed by atoms with van der Waals surface area (Å²) in [6.45, 7) is 0. The summed E-state index contributed by atoms with van der Waals surface area (Å²) < 4.78 is 27.9. The second-order valence-electron chi connectivity index (χ2n) is 3.63. The van der Waals surface area contributed by atoms with Gasteiger partial charge in [-0.1, -0.05) is 40.2 Å². The number of hydrogen-bond acceptors (Lipinski definition) is 1. The van der Waals surface area contributed by atoms with Gasteiger partial charge in [0.25, 0.3) is 0 Å². The summed E-state index contributed by atoms with van der Waals surface area (Å²) in [5, 5.41) is 0. The van der Waals surface area contributed by atoms with Crippen molar-refractivity contribution in [3.8, 4) is 0 Å². The molecule has 1 nitrogen and oxygen atoms in total. The Morgan fingerprint density at radius 3 is 2.12 bits per heavy atom. The number of nitrogens with two attached hydrogens (primary N) is 1. The molecule has 0 saturated heterocycles. The molecule has 0 heterocycles. The van der Waals surface area contributed by atoms with Gasteiger partial charge in [-0.2, -0.15) is 0 Å². The van der Waals surface area contributed by atoms with E-state index in [0.29, 0.717) is 5.56 Å².